The average Bonchev–Trinajstić information content (AvgIpc) is 2.80. The number of methoxy groups -OCH3 is 1. The molecule has 1 saturated heterocycles. The van der Waals surface area contributed by atoms with Crippen LogP contribution in [0.25, 0.3) is 0 Å². The molecular weight excluding hydrogens is 458 g/mol. The van der Waals surface area contributed by atoms with Crippen LogP contribution in [0, 0.1) is 0 Å². The fourth-order valence-electron chi connectivity index (χ4n) is 3.10. The van der Waals surface area contributed by atoms with Crippen LogP contribution in [0.3, 0.4) is 0 Å². The molecular formula is C21H24ClN3O6S. The summed E-state index contributed by atoms with van der Waals surface area (Å²) in [5.74, 6) is -1.15. The zero-order valence-corrected chi connectivity index (χ0v) is 19.0. The van der Waals surface area contributed by atoms with E-state index in [2.05, 4.69) is 10.6 Å². The Hall–Kier alpha value is -2.66. The van der Waals surface area contributed by atoms with Crippen molar-refractivity contribution in [2.24, 2.45) is 0 Å². The van der Waals surface area contributed by atoms with Crippen molar-refractivity contribution in [2.75, 3.05) is 45.3 Å². The quantitative estimate of drug-likeness (QED) is 0.581. The molecule has 0 atom stereocenters. The zero-order chi connectivity index (χ0) is 23.1. The molecule has 172 valence electrons. The Kier molecular flexibility index (Phi) is 8.08. The Labute approximate surface area is 191 Å². The van der Waals surface area contributed by atoms with E-state index in [1.54, 1.807) is 36.4 Å². The van der Waals surface area contributed by atoms with Gasteiger partial charge in [0.2, 0.25) is 10.0 Å². The number of hydrogen-bond acceptors (Lipinski definition) is 6. The molecule has 11 heteroatoms. The Morgan fingerprint density at radius 2 is 1.78 bits per heavy atom. The standard InChI is InChI=1S/C21H24ClN3O6S/c1-30-19-7-4-16(14-18(19)22)24-21(27)20(26)23-9-8-15-2-5-17(6-3-15)32(28,29)25-10-12-31-13-11-25/h2-7,14H,8-13H2,1H3,(H,23,26)(H,24,27). The Balaban J connectivity index is 1.48. The maximum Gasteiger partial charge on any atom is 0.313 e. The lowest BCUT2D eigenvalue weighted by Crippen LogP contribution is -2.40. The van der Waals surface area contributed by atoms with E-state index in [4.69, 9.17) is 21.1 Å². The molecule has 3 rings (SSSR count). The van der Waals surface area contributed by atoms with E-state index >= 15 is 0 Å². The summed E-state index contributed by atoms with van der Waals surface area (Å²) in [6, 6.07) is 11.1. The number of sulfonamides is 1. The van der Waals surface area contributed by atoms with E-state index in [1.165, 1.54) is 17.5 Å². The molecule has 1 aliphatic heterocycles. The lowest BCUT2D eigenvalue weighted by atomic mass is 10.1. The second-order valence-corrected chi connectivity index (χ2v) is 9.31. The number of anilines is 1. The Bertz CT molecular complexity index is 1070. The summed E-state index contributed by atoms with van der Waals surface area (Å²) < 4.78 is 36.9. The van der Waals surface area contributed by atoms with Crippen molar-refractivity contribution < 1.29 is 27.5 Å². The highest BCUT2D eigenvalue weighted by Crippen LogP contribution is 2.27. The highest BCUT2D eigenvalue weighted by molar-refractivity contribution is 7.89. The number of amides is 2. The molecule has 1 fully saturated rings. The van der Waals surface area contributed by atoms with Gasteiger partial charge in [-0.05, 0) is 42.3 Å². The highest BCUT2D eigenvalue weighted by Gasteiger charge is 2.26. The topological polar surface area (TPSA) is 114 Å². The van der Waals surface area contributed by atoms with Gasteiger partial charge in [0.1, 0.15) is 5.75 Å². The third-order valence-corrected chi connectivity index (χ3v) is 7.05. The summed E-state index contributed by atoms with van der Waals surface area (Å²) in [4.78, 5) is 24.3. The summed E-state index contributed by atoms with van der Waals surface area (Å²) in [5, 5.41) is 5.31. The van der Waals surface area contributed by atoms with Crippen LogP contribution in [-0.2, 0) is 30.8 Å². The fourth-order valence-corrected chi connectivity index (χ4v) is 4.76. The molecule has 0 bridgehead atoms. The monoisotopic (exact) mass is 481 g/mol. The number of benzene rings is 2. The number of ether oxygens (including phenoxy) is 2. The first-order chi connectivity index (χ1) is 15.3. The smallest absolute Gasteiger partial charge is 0.313 e. The van der Waals surface area contributed by atoms with E-state index in [-0.39, 0.29) is 11.4 Å². The number of carbonyl (C=O) groups excluding carboxylic acids is 2. The minimum Gasteiger partial charge on any atom is -0.495 e. The van der Waals surface area contributed by atoms with Gasteiger partial charge in [0.05, 0.1) is 30.2 Å². The molecule has 1 aliphatic rings. The van der Waals surface area contributed by atoms with Gasteiger partial charge >= 0.3 is 11.8 Å². The van der Waals surface area contributed by atoms with Crippen molar-refractivity contribution in [3.63, 3.8) is 0 Å². The first-order valence-electron chi connectivity index (χ1n) is 9.91. The highest BCUT2D eigenvalue weighted by atomic mass is 35.5. The van der Waals surface area contributed by atoms with Crippen LogP contribution in [0.5, 0.6) is 5.75 Å². The van der Waals surface area contributed by atoms with Crippen LogP contribution >= 0.6 is 11.6 Å². The van der Waals surface area contributed by atoms with Gasteiger partial charge in [0, 0.05) is 25.3 Å². The van der Waals surface area contributed by atoms with E-state index in [1.807, 2.05) is 0 Å². The summed E-state index contributed by atoms with van der Waals surface area (Å²) in [6.07, 6.45) is 0.436. The Morgan fingerprint density at radius 1 is 1.09 bits per heavy atom. The second kappa shape index (κ2) is 10.8. The maximum atomic E-state index is 12.6. The number of nitrogens with one attached hydrogen (secondary N) is 2. The van der Waals surface area contributed by atoms with Crippen LogP contribution < -0.4 is 15.4 Å². The number of morpholine rings is 1. The van der Waals surface area contributed by atoms with Crippen LogP contribution in [0.4, 0.5) is 5.69 Å². The van der Waals surface area contributed by atoms with Gasteiger partial charge in [-0.1, -0.05) is 23.7 Å². The lowest BCUT2D eigenvalue weighted by Gasteiger charge is -2.26. The summed E-state index contributed by atoms with van der Waals surface area (Å²) in [6.45, 7) is 1.65. The van der Waals surface area contributed by atoms with Gasteiger partial charge in [-0.15, -0.1) is 0 Å². The van der Waals surface area contributed by atoms with E-state index in [0.717, 1.165) is 5.56 Å². The molecule has 0 unspecified atom stereocenters. The van der Waals surface area contributed by atoms with Crippen LogP contribution in [-0.4, -0.2) is 64.5 Å². The molecule has 0 spiro atoms. The second-order valence-electron chi connectivity index (χ2n) is 6.97. The van der Waals surface area contributed by atoms with Gasteiger partial charge in [0.25, 0.3) is 0 Å². The Morgan fingerprint density at radius 3 is 2.41 bits per heavy atom. The molecule has 0 saturated carbocycles. The third kappa shape index (κ3) is 5.98. The van der Waals surface area contributed by atoms with E-state index in [0.29, 0.717) is 49.2 Å². The molecule has 1 heterocycles. The molecule has 2 amide bonds. The lowest BCUT2D eigenvalue weighted by molar-refractivity contribution is -0.136. The van der Waals surface area contributed by atoms with Crippen molar-refractivity contribution in [2.45, 2.75) is 11.3 Å². The van der Waals surface area contributed by atoms with Crippen molar-refractivity contribution in [3.8, 4) is 5.75 Å². The van der Waals surface area contributed by atoms with Crippen LogP contribution in [0.15, 0.2) is 47.4 Å². The first kappa shape index (κ1) is 24.0. The third-order valence-electron chi connectivity index (χ3n) is 4.85. The van der Waals surface area contributed by atoms with Crippen molar-refractivity contribution >= 4 is 39.1 Å². The van der Waals surface area contributed by atoms with E-state index in [9.17, 15) is 18.0 Å². The normalized spacial score (nSPS) is 14.6. The predicted molar refractivity (Wildman–Crippen MR) is 119 cm³/mol. The molecule has 2 N–H and O–H groups in total. The van der Waals surface area contributed by atoms with Gasteiger partial charge in [-0.25, -0.2) is 8.42 Å². The summed E-state index contributed by atoms with van der Waals surface area (Å²) in [7, 11) is -2.07. The van der Waals surface area contributed by atoms with Crippen LogP contribution in [0.2, 0.25) is 5.02 Å². The van der Waals surface area contributed by atoms with E-state index < -0.39 is 21.8 Å². The SMILES string of the molecule is COc1ccc(NC(=O)C(=O)NCCc2ccc(S(=O)(=O)N3CCOCC3)cc2)cc1Cl. The average molecular weight is 482 g/mol. The number of halogens is 1. The largest absolute Gasteiger partial charge is 0.495 e. The fraction of sp³-hybridized carbons (Fsp3) is 0.333. The van der Waals surface area contributed by atoms with Crippen LogP contribution in [0.1, 0.15) is 5.56 Å². The molecule has 32 heavy (non-hydrogen) atoms. The maximum absolute atomic E-state index is 12.6. The van der Waals surface area contributed by atoms with Crippen molar-refractivity contribution in [1.82, 2.24) is 9.62 Å². The van der Waals surface area contributed by atoms with Gasteiger partial charge in [0.15, 0.2) is 0 Å². The number of rotatable bonds is 7. The zero-order valence-electron chi connectivity index (χ0n) is 17.5. The molecule has 2 aromatic rings. The molecule has 9 nitrogen and oxygen atoms in total. The number of nitrogens with zero attached hydrogens (tertiary/aromatic N) is 1. The van der Waals surface area contributed by atoms with Crippen molar-refractivity contribution in [3.05, 3.63) is 53.1 Å². The minimum atomic E-state index is -3.55. The van der Waals surface area contributed by atoms with Crippen molar-refractivity contribution in [1.29, 1.82) is 0 Å². The number of carbonyl (C=O) groups is 2. The number of hydrogen-bond donors (Lipinski definition) is 2. The molecule has 2 aromatic carbocycles. The predicted octanol–water partition coefficient (Wildman–Crippen LogP) is 1.67. The summed E-state index contributed by atoms with van der Waals surface area (Å²) in [5.41, 5.74) is 1.20. The van der Waals surface area contributed by atoms with Gasteiger partial charge in [-0.3, -0.25) is 9.59 Å². The molecule has 0 aliphatic carbocycles. The summed E-state index contributed by atoms with van der Waals surface area (Å²) >= 11 is 6.00. The van der Waals surface area contributed by atoms with Gasteiger partial charge in [-0.2, -0.15) is 4.31 Å². The van der Waals surface area contributed by atoms with Gasteiger partial charge < -0.3 is 20.1 Å². The molecule has 0 aromatic heterocycles. The first-order valence-corrected chi connectivity index (χ1v) is 11.7. The minimum absolute atomic E-state index is 0.213. The molecule has 0 radical (unpaired) electrons.